The predicted octanol–water partition coefficient (Wildman–Crippen LogP) is 3.09. The third-order valence-electron chi connectivity index (χ3n) is 4.53. The lowest BCUT2D eigenvalue weighted by Gasteiger charge is -2.28. The number of hydrogen-bond donors (Lipinski definition) is 2. The van der Waals surface area contributed by atoms with E-state index in [-0.39, 0.29) is 24.8 Å². The molecule has 6 heteroatoms. The number of fused-ring (bicyclic) bond motifs is 2. The van der Waals surface area contributed by atoms with Crippen LogP contribution in [-0.2, 0) is 16.0 Å². The zero-order chi connectivity index (χ0) is 18.1. The van der Waals surface area contributed by atoms with Crippen molar-refractivity contribution < 1.29 is 14.3 Å². The summed E-state index contributed by atoms with van der Waals surface area (Å²) >= 11 is 0. The van der Waals surface area contributed by atoms with E-state index < -0.39 is 0 Å². The highest BCUT2D eigenvalue weighted by atomic mass is 16.5. The summed E-state index contributed by atoms with van der Waals surface area (Å²) < 4.78 is 5.51. The van der Waals surface area contributed by atoms with Gasteiger partial charge in [0.25, 0.3) is 5.91 Å². The van der Waals surface area contributed by atoms with Crippen LogP contribution in [0.3, 0.4) is 0 Å². The Balaban J connectivity index is 1.51. The van der Waals surface area contributed by atoms with Crippen LogP contribution in [-0.4, -0.2) is 29.9 Å². The number of carbonyl (C=O) groups is 2. The largest absolute Gasteiger partial charge is 0.481 e. The minimum absolute atomic E-state index is 0.0214. The van der Waals surface area contributed by atoms with Crippen LogP contribution < -0.4 is 15.0 Å². The number of nitrogens with zero attached hydrogens (tertiary/aromatic N) is 1. The maximum atomic E-state index is 12.4. The van der Waals surface area contributed by atoms with Gasteiger partial charge < -0.3 is 19.9 Å². The molecule has 0 bridgehead atoms. The Hall–Kier alpha value is -3.28. The maximum absolute atomic E-state index is 12.4. The fourth-order valence-electron chi connectivity index (χ4n) is 3.28. The molecule has 2 amide bonds. The Morgan fingerprint density at radius 1 is 1.27 bits per heavy atom. The number of ether oxygens (including phenoxy) is 1. The first-order chi connectivity index (χ1) is 12.7. The summed E-state index contributed by atoms with van der Waals surface area (Å²) in [4.78, 5) is 29.2. The average Bonchev–Trinajstić information content (AvgIpc) is 3.05. The molecular weight excluding hydrogens is 330 g/mol. The normalized spacial score (nSPS) is 13.4. The van der Waals surface area contributed by atoms with Crippen molar-refractivity contribution >= 4 is 34.1 Å². The Labute approximate surface area is 150 Å². The first-order valence-corrected chi connectivity index (χ1v) is 8.57. The van der Waals surface area contributed by atoms with Gasteiger partial charge in [-0.05, 0) is 30.7 Å². The van der Waals surface area contributed by atoms with Crippen LogP contribution in [0.5, 0.6) is 5.75 Å². The Morgan fingerprint density at radius 2 is 2.12 bits per heavy atom. The van der Waals surface area contributed by atoms with Crippen LogP contribution in [0.4, 0.5) is 11.4 Å². The van der Waals surface area contributed by atoms with E-state index in [0.29, 0.717) is 18.0 Å². The van der Waals surface area contributed by atoms with Crippen molar-refractivity contribution in [1.29, 1.82) is 0 Å². The summed E-state index contributed by atoms with van der Waals surface area (Å²) in [7, 11) is 0. The first kappa shape index (κ1) is 16.2. The number of aromatic nitrogens is 1. The second-order valence-electron chi connectivity index (χ2n) is 6.19. The highest BCUT2D eigenvalue weighted by Crippen LogP contribution is 2.34. The number of anilines is 2. The number of H-pyrrole nitrogens is 1. The van der Waals surface area contributed by atoms with Crippen LogP contribution in [0.15, 0.2) is 48.7 Å². The van der Waals surface area contributed by atoms with Gasteiger partial charge in [0.15, 0.2) is 6.61 Å². The molecule has 1 aliphatic rings. The standard InChI is InChI=1S/C20H19N3O3/c1-2-23-17-8-7-14(10-18(17)26-12-20(23)25)22-19(24)9-13-11-21-16-6-4-3-5-15(13)16/h3-8,10-11,21H,2,9,12H2,1H3,(H,22,24). The number of amides is 2. The van der Waals surface area contributed by atoms with Gasteiger partial charge in [0.2, 0.25) is 5.91 Å². The highest BCUT2D eigenvalue weighted by molar-refractivity contribution is 5.99. The van der Waals surface area contributed by atoms with Gasteiger partial charge in [0, 0.05) is 35.4 Å². The van der Waals surface area contributed by atoms with Crippen molar-refractivity contribution in [3.63, 3.8) is 0 Å². The molecule has 0 spiro atoms. The van der Waals surface area contributed by atoms with E-state index in [2.05, 4.69) is 10.3 Å². The number of rotatable bonds is 4. The molecular formula is C20H19N3O3. The van der Waals surface area contributed by atoms with Crippen molar-refractivity contribution in [2.24, 2.45) is 0 Å². The van der Waals surface area contributed by atoms with Gasteiger partial charge in [-0.2, -0.15) is 0 Å². The molecule has 0 aliphatic carbocycles. The van der Waals surface area contributed by atoms with E-state index in [1.54, 1.807) is 23.1 Å². The van der Waals surface area contributed by atoms with E-state index >= 15 is 0 Å². The lowest BCUT2D eigenvalue weighted by Crippen LogP contribution is -2.38. The summed E-state index contributed by atoms with van der Waals surface area (Å²) in [6.45, 7) is 2.53. The molecule has 0 radical (unpaired) electrons. The summed E-state index contributed by atoms with van der Waals surface area (Å²) in [5, 5.41) is 3.95. The summed E-state index contributed by atoms with van der Waals surface area (Å²) in [5.74, 6) is 0.446. The third-order valence-corrected chi connectivity index (χ3v) is 4.53. The minimum atomic E-state index is -0.103. The molecule has 2 heterocycles. The van der Waals surface area contributed by atoms with Crippen molar-refractivity contribution in [2.75, 3.05) is 23.4 Å². The number of para-hydroxylation sites is 1. The topological polar surface area (TPSA) is 74.4 Å². The molecule has 1 aliphatic heterocycles. The first-order valence-electron chi connectivity index (χ1n) is 8.57. The number of hydrogen-bond acceptors (Lipinski definition) is 3. The average molecular weight is 349 g/mol. The second-order valence-corrected chi connectivity index (χ2v) is 6.19. The fraction of sp³-hybridized carbons (Fsp3) is 0.200. The zero-order valence-electron chi connectivity index (χ0n) is 14.4. The quantitative estimate of drug-likeness (QED) is 0.760. The predicted molar refractivity (Wildman–Crippen MR) is 101 cm³/mol. The van der Waals surface area contributed by atoms with Crippen LogP contribution in [0.1, 0.15) is 12.5 Å². The molecule has 2 aromatic carbocycles. The molecule has 0 saturated heterocycles. The van der Waals surface area contributed by atoms with Crippen LogP contribution in [0.2, 0.25) is 0 Å². The van der Waals surface area contributed by atoms with Crippen molar-refractivity contribution in [3.05, 3.63) is 54.2 Å². The number of likely N-dealkylation sites (N-methyl/N-ethyl adjacent to an activating group) is 1. The zero-order valence-corrected chi connectivity index (χ0v) is 14.4. The Bertz CT molecular complexity index is 993. The summed E-state index contributed by atoms with van der Waals surface area (Å²) in [6, 6.07) is 13.3. The van der Waals surface area contributed by atoms with Gasteiger partial charge in [-0.1, -0.05) is 18.2 Å². The maximum Gasteiger partial charge on any atom is 0.265 e. The molecule has 0 atom stereocenters. The lowest BCUT2D eigenvalue weighted by atomic mass is 10.1. The Kier molecular flexibility index (Phi) is 4.08. The monoisotopic (exact) mass is 349 g/mol. The summed E-state index contributed by atoms with van der Waals surface area (Å²) in [5.41, 5.74) is 3.36. The van der Waals surface area contributed by atoms with Crippen LogP contribution in [0, 0.1) is 0 Å². The molecule has 3 aromatic rings. The molecule has 0 saturated carbocycles. The number of nitrogens with one attached hydrogen (secondary N) is 2. The molecule has 2 N–H and O–H groups in total. The highest BCUT2D eigenvalue weighted by Gasteiger charge is 2.24. The Morgan fingerprint density at radius 3 is 2.96 bits per heavy atom. The van der Waals surface area contributed by atoms with E-state index in [0.717, 1.165) is 22.2 Å². The van der Waals surface area contributed by atoms with Gasteiger partial charge in [0.05, 0.1) is 12.1 Å². The van der Waals surface area contributed by atoms with E-state index in [1.165, 1.54) is 0 Å². The molecule has 6 nitrogen and oxygen atoms in total. The molecule has 0 fully saturated rings. The molecule has 26 heavy (non-hydrogen) atoms. The smallest absolute Gasteiger partial charge is 0.265 e. The van der Waals surface area contributed by atoms with E-state index in [4.69, 9.17) is 4.74 Å². The lowest BCUT2D eigenvalue weighted by molar-refractivity contribution is -0.121. The number of carbonyl (C=O) groups excluding carboxylic acids is 2. The SMILES string of the molecule is CCN1C(=O)COc2cc(NC(=O)Cc3c[nH]c4ccccc34)ccc21. The van der Waals surface area contributed by atoms with Gasteiger partial charge in [-0.3, -0.25) is 9.59 Å². The minimum Gasteiger partial charge on any atom is -0.481 e. The molecule has 1 aromatic heterocycles. The summed E-state index contributed by atoms with van der Waals surface area (Å²) in [6.07, 6.45) is 2.15. The van der Waals surface area contributed by atoms with Gasteiger partial charge in [-0.25, -0.2) is 0 Å². The molecule has 4 rings (SSSR count). The molecule has 0 unspecified atom stereocenters. The number of aromatic amines is 1. The third kappa shape index (κ3) is 2.90. The van der Waals surface area contributed by atoms with Crippen LogP contribution in [0.25, 0.3) is 10.9 Å². The second kappa shape index (κ2) is 6.55. The van der Waals surface area contributed by atoms with Crippen LogP contribution >= 0.6 is 0 Å². The van der Waals surface area contributed by atoms with Gasteiger partial charge in [-0.15, -0.1) is 0 Å². The van der Waals surface area contributed by atoms with Gasteiger partial charge in [0.1, 0.15) is 5.75 Å². The number of benzene rings is 2. The fourth-order valence-corrected chi connectivity index (χ4v) is 3.28. The van der Waals surface area contributed by atoms with Crippen molar-refractivity contribution in [1.82, 2.24) is 4.98 Å². The van der Waals surface area contributed by atoms with Gasteiger partial charge >= 0.3 is 0 Å². The van der Waals surface area contributed by atoms with Crippen molar-refractivity contribution in [3.8, 4) is 5.75 Å². The molecule has 132 valence electrons. The van der Waals surface area contributed by atoms with E-state index in [1.807, 2.05) is 37.4 Å². The van der Waals surface area contributed by atoms with Crippen molar-refractivity contribution in [2.45, 2.75) is 13.3 Å². The van der Waals surface area contributed by atoms with E-state index in [9.17, 15) is 9.59 Å².